The Morgan fingerprint density at radius 1 is 1.55 bits per heavy atom. The van der Waals surface area contributed by atoms with Crippen LogP contribution in [0.2, 0.25) is 0 Å². The fourth-order valence-corrected chi connectivity index (χ4v) is 1.71. The number of rotatable bonds is 2. The maximum Gasteiger partial charge on any atom is 0.0925 e. The van der Waals surface area contributed by atoms with E-state index < -0.39 is 6.10 Å². The molecule has 0 aromatic carbocycles. The molecule has 0 spiro atoms. The van der Waals surface area contributed by atoms with E-state index in [2.05, 4.69) is 4.90 Å². The second kappa shape index (κ2) is 4.04. The molecule has 66 valence electrons. The number of likely N-dealkylation sites (N-methyl/N-ethyl adjacent to an activating group) is 1. The first-order valence-corrected chi connectivity index (χ1v) is 4.25. The first kappa shape index (κ1) is 8.97. The molecule has 0 bridgehead atoms. The molecule has 2 N–H and O–H groups in total. The van der Waals surface area contributed by atoms with Crippen molar-refractivity contribution >= 4 is 0 Å². The van der Waals surface area contributed by atoms with Crippen LogP contribution in [0.3, 0.4) is 0 Å². The lowest BCUT2D eigenvalue weighted by atomic mass is 9.98. The van der Waals surface area contributed by atoms with E-state index in [4.69, 9.17) is 5.11 Å². The molecular weight excluding hydrogens is 142 g/mol. The van der Waals surface area contributed by atoms with E-state index in [9.17, 15) is 5.11 Å². The fraction of sp³-hybridized carbons (Fsp3) is 1.00. The third-order valence-corrected chi connectivity index (χ3v) is 2.46. The van der Waals surface area contributed by atoms with Gasteiger partial charge in [0.1, 0.15) is 0 Å². The predicted molar refractivity (Wildman–Crippen MR) is 43.4 cm³/mol. The number of hydrogen-bond acceptors (Lipinski definition) is 3. The molecule has 0 aromatic heterocycles. The Kier molecular flexibility index (Phi) is 3.30. The molecular formula is C8H17NO2. The van der Waals surface area contributed by atoms with Crippen LogP contribution in [0.15, 0.2) is 0 Å². The van der Waals surface area contributed by atoms with Crippen molar-refractivity contribution in [3.8, 4) is 0 Å². The van der Waals surface area contributed by atoms with Gasteiger partial charge in [-0.2, -0.15) is 0 Å². The fourth-order valence-electron chi connectivity index (χ4n) is 1.71. The van der Waals surface area contributed by atoms with Crippen molar-refractivity contribution in [2.45, 2.75) is 31.4 Å². The summed E-state index contributed by atoms with van der Waals surface area (Å²) in [5.74, 6) is 0. The molecule has 2 atom stereocenters. The van der Waals surface area contributed by atoms with Crippen LogP contribution >= 0.6 is 0 Å². The van der Waals surface area contributed by atoms with Crippen LogP contribution in [0.4, 0.5) is 0 Å². The average Bonchev–Trinajstić information content (AvgIpc) is 2.04. The van der Waals surface area contributed by atoms with Crippen LogP contribution in [-0.2, 0) is 0 Å². The minimum Gasteiger partial charge on any atom is -0.394 e. The molecule has 11 heavy (non-hydrogen) atoms. The van der Waals surface area contributed by atoms with Crippen molar-refractivity contribution in [1.29, 1.82) is 0 Å². The van der Waals surface area contributed by atoms with Gasteiger partial charge in [-0.3, -0.25) is 0 Å². The molecule has 0 radical (unpaired) electrons. The normalized spacial score (nSPS) is 30.3. The molecule has 1 aliphatic heterocycles. The Bertz CT molecular complexity index is 115. The first-order valence-electron chi connectivity index (χ1n) is 4.25. The van der Waals surface area contributed by atoms with Crippen LogP contribution in [0.1, 0.15) is 19.3 Å². The minimum absolute atomic E-state index is 0.116. The standard InChI is InChI=1S/C8H17NO2/c1-9-5-3-2-4-7(9)8(11)6-10/h7-8,10-11H,2-6H2,1H3. The zero-order valence-electron chi connectivity index (χ0n) is 7.03. The molecule has 1 saturated heterocycles. The average molecular weight is 159 g/mol. The van der Waals surface area contributed by atoms with E-state index in [1.165, 1.54) is 12.8 Å². The highest BCUT2D eigenvalue weighted by Crippen LogP contribution is 2.17. The summed E-state index contributed by atoms with van der Waals surface area (Å²) in [6.45, 7) is 0.927. The lowest BCUT2D eigenvalue weighted by Crippen LogP contribution is -2.45. The van der Waals surface area contributed by atoms with Gasteiger partial charge in [-0.1, -0.05) is 6.42 Å². The molecule has 1 heterocycles. The van der Waals surface area contributed by atoms with Crippen LogP contribution < -0.4 is 0 Å². The molecule has 3 nitrogen and oxygen atoms in total. The summed E-state index contributed by atoms with van der Waals surface area (Å²) in [6.07, 6.45) is 2.84. The summed E-state index contributed by atoms with van der Waals surface area (Å²) in [5.41, 5.74) is 0. The molecule has 0 saturated carbocycles. The molecule has 1 aliphatic rings. The van der Waals surface area contributed by atoms with Crippen molar-refractivity contribution in [3.63, 3.8) is 0 Å². The van der Waals surface area contributed by atoms with E-state index in [-0.39, 0.29) is 12.6 Å². The van der Waals surface area contributed by atoms with Gasteiger partial charge in [-0.25, -0.2) is 0 Å². The third kappa shape index (κ3) is 2.15. The highest BCUT2D eigenvalue weighted by Gasteiger charge is 2.24. The number of aliphatic hydroxyl groups excluding tert-OH is 2. The molecule has 1 rings (SSSR count). The summed E-state index contributed by atoms with van der Waals surface area (Å²) >= 11 is 0. The topological polar surface area (TPSA) is 43.7 Å². The number of aliphatic hydroxyl groups is 2. The SMILES string of the molecule is CN1CCCCC1C(O)CO. The van der Waals surface area contributed by atoms with Gasteiger partial charge in [-0.05, 0) is 26.4 Å². The van der Waals surface area contributed by atoms with Gasteiger partial charge in [0, 0.05) is 6.04 Å². The van der Waals surface area contributed by atoms with Crippen LogP contribution in [0.25, 0.3) is 0 Å². The van der Waals surface area contributed by atoms with Gasteiger partial charge in [-0.15, -0.1) is 0 Å². The zero-order chi connectivity index (χ0) is 8.27. The largest absolute Gasteiger partial charge is 0.394 e. The first-order chi connectivity index (χ1) is 5.25. The third-order valence-electron chi connectivity index (χ3n) is 2.46. The van der Waals surface area contributed by atoms with E-state index >= 15 is 0 Å². The zero-order valence-corrected chi connectivity index (χ0v) is 7.03. The van der Waals surface area contributed by atoms with Gasteiger partial charge in [0.05, 0.1) is 12.7 Å². The van der Waals surface area contributed by atoms with Gasteiger partial charge >= 0.3 is 0 Å². The second-order valence-corrected chi connectivity index (χ2v) is 3.29. The molecule has 2 unspecified atom stereocenters. The highest BCUT2D eigenvalue weighted by molar-refractivity contribution is 4.80. The molecule has 3 heteroatoms. The molecule has 0 aliphatic carbocycles. The highest BCUT2D eigenvalue weighted by atomic mass is 16.3. The molecule has 0 aromatic rings. The molecule has 0 amide bonds. The Hall–Kier alpha value is -0.120. The van der Waals surface area contributed by atoms with Gasteiger partial charge in [0.15, 0.2) is 0 Å². The van der Waals surface area contributed by atoms with E-state index in [1.54, 1.807) is 0 Å². The summed E-state index contributed by atoms with van der Waals surface area (Å²) < 4.78 is 0. The van der Waals surface area contributed by atoms with Crippen LogP contribution in [-0.4, -0.2) is 47.5 Å². The number of nitrogens with zero attached hydrogens (tertiary/aromatic N) is 1. The Balaban J connectivity index is 2.40. The maximum absolute atomic E-state index is 9.36. The smallest absolute Gasteiger partial charge is 0.0925 e. The van der Waals surface area contributed by atoms with Crippen molar-refractivity contribution in [2.75, 3.05) is 20.2 Å². The Labute approximate surface area is 67.6 Å². The van der Waals surface area contributed by atoms with E-state index in [0.29, 0.717) is 0 Å². The maximum atomic E-state index is 9.36. The van der Waals surface area contributed by atoms with Crippen LogP contribution in [0, 0.1) is 0 Å². The van der Waals surface area contributed by atoms with Crippen molar-refractivity contribution < 1.29 is 10.2 Å². The van der Waals surface area contributed by atoms with Crippen molar-refractivity contribution in [3.05, 3.63) is 0 Å². The van der Waals surface area contributed by atoms with E-state index in [0.717, 1.165) is 13.0 Å². The summed E-state index contributed by atoms with van der Waals surface area (Å²) in [5, 5.41) is 18.1. The lowest BCUT2D eigenvalue weighted by Gasteiger charge is -2.34. The second-order valence-electron chi connectivity index (χ2n) is 3.29. The van der Waals surface area contributed by atoms with E-state index in [1.807, 2.05) is 7.05 Å². The number of piperidine rings is 1. The summed E-state index contributed by atoms with van der Waals surface area (Å²) in [7, 11) is 2.00. The van der Waals surface area contributed by atoms with Crippen molar-refractivity contribution in [2.24, 2.45) is 0 Å². The quantitative estimate of drug-likeness (QED) is 0.587. The Morgan fingerprint density at radius 2 is 2.27 bits per heavy atom. The minimum atomic E-state index is -0.555. The van der Waals surface area contributed by atoms with Crippen LogP contribution in [0.5, 0.6) is 0 Å². The summed E-state index contributed by atoms with van der Waals surface area (Å²) in [4.78, 5) is 2.13. The van der Waals surface area contributed by atoms with Gasteiger partial charge < -0.3 is 15.1 Å². The number of hydrogen-bond donors (Lipinski definition) is 2. The Morgan fingerprint density at radius 3 is 2.82 bits per heavy atom. The summed E-state index contributed by atoms with van der Waals surface area (Å²) in [6, 6.07) is 0.175. The van der Waals surface area contributed by atoms with Gasteiger partial charge in [0.2, 0.25) is 0 Å². The number of likely N-dealkylation sites (tertiary alicyclic amines) is 1. The predicted octanol–water partition coefficient (Wildman–Crippen LogP) is -0.176. The lowest BCUT2D eigenvalue weighted by molar-refractivity contribution is 0.00497. The van der Waals surface area contributed by atoms with Crippen molar-refractivity contribution in [1.82, 2.24) is 4.90 Å². The van der Waals surface area contributed by atoms with Gasteiger partial charge in [0.25, 0.3) is 0 Å². The molecule has 1 fully saturated rings. The monoisotopic (exact) mass is 159 g/mol.